The van der Waals surface area contributed by atoms with Crippen LogP contribution in [0, 0.1) is 12.7 Å². The van der Waals surface area contributed by atoms with Crippen molar-refractivity contribution in [3.05, 3.63) is 101 Å². The molecule has 8 nitrogen and oxygen atoms in total. The number of benzene rings is 3. The van der Waals surface area contributed by atoms with Gasteiger partial charge < -0.3 is 10.2 Å². The van der Waals surface area contributed by atoms with Crippen molar-refractivity contribution < 1.29 is 22.4 Å². The van der Waals surface area contributed by atoms with E-state index >= 15 is 0 Å². The molecule has 0 fully saturated rings. The topological polar surface area (TPSA) is 90.0 Å². The van der Waals surface area contributed by atoms with E-state index in [9.17, 15) is 22.4 Å². The maximum absolute atomic E-state index is 14.9. The Morgan fingerprint density at radius 3 is 2.07 bits per heavy atom. The molecule has 0 radical (unpaired) electrons. The smallest absolute Gasteiger partial charge is 0.304 e. The maximum Gasteiger partial charge on any atom is 0.304 e. The van der Waals surface area contributed by atoms with Gasteiger partial charge in [0.15, 0.2) is 0 Å². The molecule has 3 rings (SSSR count). The van der Waals surface area contributed by atoms with Crippen LogP contribution in [-0.2, 0) is 32.8 Å². The van der Waals surface area contributed by atoms with Crippen LogP contribution < -0.4 is 9.62 Å². The number of rotatable bonds is 11. The van der Waals surface area contributed by atoms with Crippen LogP contribution in [0.1, 0.15) is 37.5 Å². The Hall–Kier alpha value is -3.76. The Balaban J connectivity index is 2.14. The minimum atomic E-state index is -4.28. The summed E-state index contributed by atoms with van der Waals surface area (Å²) in [5, 5.41) is 2.98. The van der Waals surface area contributed by atoms with Gasteiger partial charge in [-0.3, -0.25) is 9.59 Å². The molecule has 2 amide bonds. The second-order valence-electron chi connectivity index (χ2n) is 11.1. The van der Waals surface area contributed by atoms with Crippen LogP contribution in [0.25, 0.3) is 0 Å². The van der Waals surface area contributed by atoms with Gasteiger partial charge in [0.05, 0.1) is 5.69 Å². The lowest BCUT2D eigenvalue weighted by molar-refractivity contribution is -0.140. The van der Waals surface area contributed by atoms with Gasteiger partial charge in [0, 0.05) is 32.6 Å². The van der Waals surface area contributed by atoms with Crippen molar-refractivity contribution in [1.29, 1.82) is 0 Å². The van der Waals surface area contributed by atoms with E-state index in [1.54, 1.807) is 0 Å². The van der Waals surface area contributed by atoms with Gasteiger partial charge in [-0.2, -0.15) is 12.7 Å². The molecular formula is C31H39FN4O4S. The van der Waals surface area contributed by atoms with E-state index in [4.69, 9.17) is 0 Å². The largest absolute Gasteiger partial charge is 0.350 e. The standard InChI is InChI=1S/C31H39FN4O4S/c1-23-14-10-11-17-25(23)21-35(28(30(38)33-31(2,3)4)20-24-15-8-7-9-16-24)29(37)22-36(41(39,40)34(5)6)27-19-13-12-18-26(27)32/h7-19,28H,20-22H2,1-6H3,(H,33,38)/t28-/m1/s1. The second-order valence-corrected chi connectivity index (χ2v) is 13.2. The molecule has 0 aliphatic rings. The number of anilines is 1. The molecule has 3 aromatic carbocycles. The fourth-order valence-corrected chi connectivity index (χ4v) is 5.40. The Bertz CT molecular complexity index is 1460. The first-order chi connectivity index (χ1) is 19.2. The normalized spacial score (nSPS) is 12.6. The summed E-state index contributed by atoms with van der Waals surface area (Å²) in [4.78, 5) is 29.4. The van der Waals surface area contributed by atoms with Crippen LogP contribution in [0.2, 0.25) is 0 Å². The molecule has 0 unspecified atom stereocenters. The van der Waals surface area contributed by atoms with Crippen molar-refractivity contribution in [2.45, 2.75) is 52.2 Å². The molecule has 0 aromatic heterocycles. The van der Waals surface area contributed by atoms with E-state index < -0.39 is 40.1 Å². The van der Waals surface area contributed by atoms with Crippen molar-refractivity contribution >= 4 is 27.7 Å². The van der Waals surface area contributed by atoms with Crippen LogP contribution in [0.3, 0.4) is 0 Å². The van der Waals surface area contributed by atoms with Gasteiger partial charge in [-0.25, -0.2) is 8.70 Å². The molecule has 220 valence electrons. The molecule has 0 aliphatic heterocycles. The lowest BCUT2D eigenvalue weighted by Gasteiger charge is -2.36. The number of carbonyl (C=O) groups excluding carboxylic acids is 2. The maximum atomic E-state index is 14.9. The van der Waals surface area contributed by atoms with Crippen LogP contribution in [0.15, 0.2) is 78.9 Å². The molecule has 1 N–H and O–H groups in total. The molecule has 0 bridgehead atoms. The van der Waals surface area contributed by atoms with E-state index in [2.05, 4.69) is 5.32 Å². The van der Waals surface area contributed by atoms with Crippen LogP contribution in [0.4, 0.5) is 10.1 Å². The van der Waals surface area contributed by atoms with Crippen LogP contribution in [-0.4, -0.2) is 61.7 Å². The lowest BCUT2D eigenvalue weighted by atomic mass is 10.00. The SMILES string of the molecule is Cc1ccccc1CN(C(=O)CN(c1ccccc1F)S(=O)(=O)N(C)C)[C@H](Cc1ccccc1)C(=O)NC(C)(C)C. The Labute approximate surface area is 243 Å². The van der Waals surface area contributed by atoms with Gasteiger partial charge in [-0.15, -0.1) is 0 Å². The predicted molar refractivity (Wildman–Crippen MR) is 160 cm³/mol. The summed E-state index contributed by atoms with van der Waals surface area (Å²) >= 11 is 0. The highest BCUT2D eigenvalue weighted by Crippen LogP contribution is 2.25. The summed E-state index contributed by atoms with van der Waals surface area (Å²) in [5.74, 6) is -1.81. The monoisotopic (exact) mass is 582 g/mol. The van der Waals surface area contributed by atoms with Crippen molar-refractivity contribution in [2.75, 3.05) is 24.9 Å². The number of halogens is 1. The number of nitrogens with one attached hydrogen (secondary N) is 1. The number of nitrogens with zero attached hydrogens (tertiary/aromatic N) is 3. The Morgan fingerprint density at radius 2 is 1.49 bits per heavy atom. The molecule has 1 atom stereocenters. The van der Waals surface area contributed by atoms with E-state index in [-0.39, 0.29) is 24.6 Å². The Morgan fingerprint density at radius 1 is 0.902 bits per heavy atom. The van der Waals surface area contributed by atoms with E-state index in [1.165, 1.54) is 37.2 Å². The van der Waals surface area contributed by atoms with Gasteiger partial charge in [-0.1, -0.05) is 66.7 Å². The molecular weight excluding hydrogens is 543 g/mol. The molecule has 0 spiro atoms. The zero-order chi connectivity index (χ0) is 30.4. The minimum Gasteiger partial charge on any atom is -0.350 e. The first-order valence-corrected chi connectivity index (χ1v) is 14.7. The average Bonchev–Trinajstić information content (AvgIpc) is 2.90. The molecule has 0 saturated carbocycles. The first kappa shape index (κ1) is 31.8. The number of hydrogen-bond donors (Lipinski definition) is 1. The zero-order valence-electron chi connectivity index (χ0n) is 24.5. The molecule has 0 heterocycles. The molecule has 10 heteroatoms. The van der Waals surface area contributed by atoms with Crippen molar-refractivity contribution in [3.8, 4) is 0 Å². The third-order valence-electron chi connectivity index (χ3n) is 6.51. The fourth-order valence-electron chi connectivity index (χ4n) is 4.33. The quantitative estimate of drug-likeness (QED) is 0.365. The summed E-state index contributed by atoms with van der Waals surface area (Å²) in [6, 6.07) is 21.2. The third kappa shape index (κ3) is 8.37. The fraction of sp³-hybridized carbons (Fsp3) is 0.355. The first-order valence-electron chi connectivity index (χ1n) is 13.4. The van der Waals surface area contributed by atoms with Gasteiger partial charge >= 0.3 is 10.2 Å². The third-order valence-corrected chi connectivity index (χ3v) is 8.32. The highest BCUT2D eigenvalue weighted by Gasteiger charge is 2.36. The van der Waals surface area contributed by atoms with Crippen LogP contribution >= 0.6 is 0 Å². The van der Waals surface area contributed by atoms with Gasteiger partial charge in [0.1, 0.15) is 18.4 Å². The van der Waals surface area contributed by atoms with E-state index in [1.807, 2.05) is 82.3 Å². The van der Waals surface area contributed by atoms with Crippen molar-refractivity contribution in [1.82, 2.24) is 14.5 Å². The predicted octanol–water partition coefficient (Wildman–Crippen LogP) is 4.30. The number of hydrogen-bond acceptors (Lipinski definition) is 4. The van der Waals surface area contributed by atoms with Gasteiger partial charge in [-0.05, 0) is 56.5 Å². The minimum absolute atomic E-state index is 0.0493. The molecule has 3 aromatic rings. The summed E-state index contributed by atoms with van der Waals surface area (Å²) in [6.07, 6.45) is 0.195. The number of amides is 2. The lowest BCUT2D eigenvalue weighted by Crippen LogP contribution is -2.56. The summed E-state index contributed by atoms with van der Waals surface area (Å²) in [5.41, 5.74) is 1.69. The summed E-state index contributed by atoms with van der Waals surface area (Å²) in [6.45, 7) is 6.79. The molecule has 0 aliphatic carbocycles. The van der Waals surface area contributed by atoms with Gasteiger partial charge in [0.2, 0.25) is 11.8 Å². The number of para-hydroxylation sites is 1. The molecule has 41 heavy (non-hydrogen) atoms. The summed E-state index contributed by atoms with van der Waals surface area (Å²) in [7, 11) is -1.65. The van der Waals surface area contributed by atoms with Gasteiger partial charge in [0.25, 0.3) is 0 Å². The highest BCUT2D eigenvalue weighted by atomic mass is 32.2. The molecule has 0 saturated heterocycles. The average molecular weight is 583 g/mol. The van der Waals surface area contributed by atoms with Crippen molar-refractivity contribution in [3.63, 3.8) is 0 Å². The van der Waals surface area contributed by atoms with Crippen molar-refractivity contribution in [2.24, 2.45) is 0 Å². The van der Waals surface area contributed by atoms with E-state index in [0.717, 1.165) is 31.4 Å². The second kappa shape index (κ2) is 13.3. The summed E-state index contributed by atoms with van der Waals surface area (Å²) < 4.78 is 43.3. The van der Waals surface area contributed by atoms with Crippen LogP contribution in [0.5, 0.6) is 0 Å². The number of aryl methyl sites for hydroxylation is 1. The number of carbonyl (C=O) groups is 2. The van der Waals surface area contributed by atoms with E-state index in [0.29, 0.717) is 0 Å². The zero-order valence-corrected chi connectivity index (χ0v) is 25.3. The highest BCUT2D eigenvalue weighted by molar-refractivity contribution is 7.90. The Kier molecular flexibility index (Phi) is 10.3.